The third kappa shape index (κ3) is 17.1. The summed E-state index contributed by atoms with van der Waals surface area (Å²) in [5.41, 5.74) is 15.1. The summed E-state index contributed by atoms with van der Waals surface area (Å²) >= 11 is 6.45. The van der Waals surface area contributed by atoms with Gasteiger partial charge in [-0.15, -0.1) is 0 Å². The number of anilines is 3. The van der Waals surface area contributed by atoms with E-state index in [9.17, 15) is 14.4 Å². The number of aromatic nitrogens is 18. The van der Waals surface area contributed by atoms with Gasteiger partial charge in [0.25, 0.3) is 16.7 Å². The van der Waals surface area contributed by atoms with Gasteiger partial charge in [-0.05, 0) is 186 Å². The monoisotopic (exact) mass is 1670 g/mol. The first-order chi connectivity index (χ1) is 60.5. The summed E-state index contributed by atoms with van der Waals surface area (Å²) in [5, 5.41) is 32.5. The molecule has 20 rings (SSSR count). The summed E-state index contributed by atoms with van der Waals surface area (Å²) in [6, 6.07) is 63.0. The fourth-order valence-corrected chi connectivity index (χ4v) is 16.2. The molecule has 0 amide bonds. The lowest BCUT2D eigenvalue weighted by Crippen LogP contribution is -2.29. The van der Waals surface area contributed by atoms with Gasteiger partial charge in [0.15, 0.2) is 45.4 Å². The van der Waals surface area contributed by atoms with Crippen molar-refractivity contribution in [2.24, 2.45) is 0 Å². The molecular weight excluding hydrogens is 1580 g/mol. The van der Waals surface area contributed by atoms with Crippen molar-refractivity contribution < 1.29 is 19.5 Å². The molecule has 14 heterocycles. The third-order valence-electron chi connectivity index (χ3n) is 22.2. The van der Waals surface area contributed by atoms with Crippen LogP contribution in [0.4, 0.5) is 17.5 Å². The number of halogens is 1. The number of H-pyrrole nitrogens is 1. The molecule has 30 heteroatoms. The van der Waals surface area contributed by atoms with E-state index in [0.717, 1.165) is 153 Å². The van der Waals surface area contributed by atoms with Crippen LogP contribution in [-0.4, -0.2) is 118 Å². The minimum absolute atomic E-state index is 0.0718. The highest BCUT2D eigenvalue weighted by atomic mass is 35.5. The topological polar surface area (TPSA) is 341 Å². The molecule has 28 nitrogen and oxygen atoms in total. The lowest BCUT2D eigenvalue weighted by Gasteiger charge is -2.24. The Labute approximate surface area is 716 Å². The van der Waals surface area contributed by atoms with Gasteiger partial charge < -0.3 is 40.5 Å². The zero-order valence-corrected chi connectivity index (χ0v) is 69.5. The summed E-state index contributed by atoms with van der Waals surface area (Å²) in [5.74, 6) is 1.82. The molecule has 6 N–H and O–H groups in total. The number of para-hydroxylation sites is 3. The maximum atomic E-state index is 14.4. The van der Waals surface area contributed by atoms with Crippen LogP contribution in [-0.2, 0) is 9.47 Å². The van der Waals surface area contributed by atoms with Crippen molar-refractivity contribution >= 4 is 107 Å². The number of nitrogens with one attached hydrogen (secondary N) is 4. The van der Waals surface area contributed by atoms with E-state index in [0.29, 0.717) is 66.3 Å². The van der Waals surface area contributed by atoms with Crippen LogP contribution < -0.4 is 38.1 Å². The second-order valence-corrected chi connectivity index (χ2v) is 30.9. The van der Waals surface area contributed by atoms with E-state index >= 15 is 0 Å². The highest BCUT2D eigenvalue weighted by Crippen LogP contribution is 2.37. The standard InChI is InChI=1S/C33H31N7O2.C28H23N7O.C27H25ClN6O2.C6H8BNO2/c1-21-14-15-24(18-34-21)26-12-8-9-23-17-27(40(33(41)29(23)26)25-10-4-3-5-11-25)22(2)38-31-30-32(36-19-35-31)39(20-37-30)28-13-6-7-16-42-28;1-17-11-12-20(14-29-17)22-10-6-7-19-13-23(35(28(36)24(19)22)21-8-4-3-5-9-21)18(2)34-27-25-26(31-15-30-25)32-16-33-27;1-17(32-25-24-26(30-15-29-25)33(16-31-24)22-12-5-6-13-36-22)21-14-18-8-7-11-20(28)23(18)27(35)34(21)19-9-3-2-4-10-19;1-5-2-3-6(4-8-5)7(9)10/h3-5,8-12,14-15,17-20,22,28H,6-7,13,16H2,1-2H3,(H,35,36,38);3-16,18H,1-2H3,(H2,30,31,32,33,34);2-4,7-11,14-17,22H,5-6,12-13H2,1H3,(H,29,30,32);2-4,9-10H,1H3/t22-,28?;18-;17-,22?;/m000./s1. The van der Waals surface area contributed by atoms with Crippen molar-refractivity contribution in [1.82, 2.24) is 87.6 Å². The molecule has 0 spiro atoms. The van der Waals surface area contributed by atoms with Crippen molar-refractivity contribution in [3.05, 3.63) is 327 Å². The first-order valence-corrected chi connectivity index (χ1v) is 41.4. The summed E-state index contributed by atoms with van der Waals surface area (Å²) in [7, 11) is -1.41. The SMILES string of the molecule is C[C@H](Nc1ncnc2c1ncn2C1CCCCO1)c1cc2cccc(Cl)c2c(=O)n1-c1ccccc1.Cc1ccc(-c2cccc3cc([C@H](C)Nc4ncnc5c4ncn5C4CCCCO4)n(-c4ccccc4)c(=O)c23)cn1.Cc1ccc(-c2cccc3cc([C@H](C)Nc4ncnc5nc[nH]c45)n(-c4ccccc4)c(=O)c23)cn1.Cc1ccc(B(O)O)cn1. The van der Waals surface area contributed by atoms with Gasteiger partial charge in [0, 0.05) is 99.6 Å². The van der Waals surface area contributed by atoms with Crippen LogP contribution in [0.1, 0.15) is 124 Å². The number of benzene rings is 6. The minimum Gasteiger partial charge on any atom is -0.423 e. The van der Waals surface area contributed by atoms with Crippen LogP contribution in [0.25, 0.3) is 105 Å². The molecule has 2 aliphatic rings. The number of hydrogen-bond acceptors (Lipinski definition) is 22. The summed E-state index contributed by atoms with van der Waals surface area (Å²) < 4.78 is 21.2. The molecule has 5 atom stereocenters. The molecular formula is C94H87BClN21O7. The van der Waals surface area contributed by atoms with Crippen molar-refractivity contribution in [2.45, 2.75) is 111 Å². The van der Waals surface area contributed by atoms with E-state index in [2.05, 4.69) is 92.9 Å². The summed E-state index contributed by atoms with van der Waals surface area (Å²) in [4.78, 5) is 98.4. The average Bonchev–Trinajstić information content (AvgIpc) is 1.15. The fourth-order valence-electron chi connectivity index (χ4n) is 15.9. The number of pyridine rings is 6. The van der Waals surface area contributed by atoms with Gasteiger partial charge in [-0.1, -0.05) is 133 Å². The van der Waals surface area contributed by atoms with Gasteiger partial charge in [0.05, 0.1) is 58.3 Å². The van der Waals surface area contributed by atoms with Gasteiger partial charge in [-0.3, -0.25) is 52.2 Å². The zero-order valence-electron chi connectivity index (χ0n) is 68.8. The number of imidazole rings is 3. The van der Waals surface area contributed by atoms with Gasteiger partial charge in [-0.25, -0.2) is 44.9 Å². The second-order valence-electron chi connectivity index (χ2n) is 30.5. The normalized spacial score (nSPS) is 14.7. The number of ether oxygens (including phenoxy) is 2. The highest BCUT2D eigenvalue weighted by molar-refractivity contribution is 6.58. The van der Waals surface area contributed by atoms with E-state index in [1.54, 1.807) is 57.2 Å². The summed E-state index contributed by atoms with van der Waals surface area (Å²) in [6.45, 7) is 13.3. The molecule has 2 saturated heterocycles. The molecule has 2 unspecified atom stereocenters. The van der Waals surface area contributed by atoms with Crippen LogP contribution in [0.2, 0.25) is 5.02 Å². The largest absolute Gasteiger partial charge is 0.490 e. The maximum Gasteiger partial charge on any atom is 0.490 e. The Hall–Kier alpha value is -14.4. The Balaban J connectivity index is 0.000000125. The van der Waals surface area contributed by atoms with Crippen LogP contribution in [0.3, 0.4) is 0 Å². The maximum absolute atomic E-state index is 14.4. The van der Waals surface area contributed by atoms with Gasteiger partial charge in [-0.2, -0.15) is 0 Å². The molecule has 6 aromatic carbocycles. The number of rotatable bonds is 17. The predicted octanol–water partition coefficient (Wildman–Crippen LogP) is 16.3. The van der Waals surface area contributed by atoms with E-state index in [1.807, 2.05) is 233 Å². The van der Waals surface area contributed by atoms with Crippen molar-refractivity contribution in [1.29, 1.82) is 0 Å². The quantitative estimate of drug-likeness (QED) is 0.0461. The number of aromatic amines is 1. The van der Waals surface area contributed by atoms with Crippen molar-refractivity contribution in [2.75, 3.05) is 29.2 Å². The van der Waals surface area contributed by atoms with Crippen LogP contribution in [0.5, 0.6) is 0 Å². The first-order valence-electron chi connectivity index (χ1n) is 41.0. The molecule has 18 aromatic rings. The number of fused-ring (bicyclic) bond motifs is 6. The van der Waals surface area contributed by atoms with Crippen LogP contribution in [0.15, 0.2) is 271 Å². The van der Waals surface area contributed by atoms with E-state index in [-0.39, 0.29) is 47.3 Å². The molecule has 124 heavy (non-hydrogen) atoms. The molecule has 2 aliphatic heterocycles. The van der Waals surface area contributed by atoms with Crippen LogP contribution in [0, 0.1) is 20.8 Å². The Bertz CT molecular complexity index is 7050. The Morgan fingerprint density at radius 1 is 0.435 bits per heavy atom. The average molecular weight is 1670 g/mol. The Morgan fingerprint density at radius 3 is 1.27 bits per heavy atom. The molecule has 12 aromatic heterocycles. The summed E-state index contributed by atoms with van der Waals surface area (Å²) in [6.07, 6.45) is 20.8. The van der Waals surface area contributed by atoms with E-state index < -0.39 is 7.12 Å². The van der Waals surface area contributed by atoms with Gasteiger partial charge in [0.2, 0.25) is 0 Å². The minimum atomic E-state index is -1.41. The molecule has 620 valence electrons. The van der Waals surface area contributed by atoms with E-state index in [1.165, 1.54) is 18.9 Å². The molecule has 2 fully saturated rings. The molecule has 0 aliphatic carbocycles. The van der Waals surface area contributed by atoms with Crippen molar-refractivity contribution in [3.8, 4) is 39.3 Å². The lowest BCUT2D eigenvalue weighted by molar-refractivity contribution is -0.0299. The second kappa shape index (κ2) is 36.5. The fraction of sp³-hybridized carbons (Fsp3) is 0.202. The predicted molar refractivity (Wildman–Crippen MR) is 485 cm³/mol. The molecule has 0 radical (unpaired) electrons. The lowest BCUT2D eigenvalue weighted by atomic mass is 9.82. The third-order valence-corrected chi connectivity index (χ3v) is 22.5. The Kier molecular flexibility index (Phi) is 24.2. The number of hydrogen-bond donors (Lipinski definition) is 6. The smallest absolute Gasteiger partial charge is 0.423 e. The molecule has 0 saturated carbocycles. The number of nitrogens with zero attached hydrogens (tertiary/aromatic N) is 17. The highest BCUT2D eigenvalue weighted by Gasteiger charge is 2.28. The van der Waals surface area contributed by atoms with Crippen molar-refractivity contribution in [3.63, 3.8) is 0 Å². The van der Waals surface area contributed by atoms with Gasteiger partial charge >= 0.3 is 7.12 Å². The van der Waals surface area contributed by atoms with Crippen LogP contribution >= 0.6 is 11.6 Å². The first kappa shape index (κ1) is 82.0. The van der Waals surface area contributed by atoms with E-state index in [4.69, 9.17) is 31.1 Å². The zero-order chi connectivity index (χ0) is 85.5. The number of aryl methyl sites for hydroxylation is 3. The molecule has 0 bridgehead atoms. The van der Waals surface area contributed by atoms with Gasteiger partial charge in [0.1, 0.15) is 37.0 Å². The Morgan fingerprint density at radius 2 is 0.847 bits per heavy atom.